The zero-order valence-electron chi connectivity index (χ0n) is 12.5. The Hall–Kier alpha value is -1.26. The van der Waals surface area contributed by atoms with Crippen LogP contribution in [0.3, 0.4) is 0 Å². The third-order valence-electron chi connectivity index (χ3n) is 3.16. The number of hydrogen-bond acceptors (Lipinski definition) is 4. The van der Waals surface area contributed by atoms with E-state index in [1.165, 1.54) is 12.1 Å². The van der Waals surface area contributed by atoms with Crippen molar-refractivity contribution in [1.82, 2.24) is 0 Å². The lowest BCUT2D eigenvalue weighted by Crippen LogP contribution is -2.03. The van der Waals surface area contributed by atoms with Crippen molar-refractivity contribution in [3.8, 4) is 11.5 Å². The predicted octanol–water partition coefficient (Wildman–Crippen LogP) is 3.73. The molecule has 0 saturated carbocycles. The monoisotopic (exact) mass is 282 g/mol. The van der Waals surface area contributed by atoms with E-state index in [2.05, 4.69) is 13.8 Å². The van der Waals surface area contributed by atoms with Gasteiger partial charge in [-0.05, 0) is 25.0 Å². The summed E-state index contributed by atoms with van der Waals surface area (Å²) in [5.74, 6) is 0.293. The summed E-state index contributed by atoms with van der Waals surface area (Å²) in [7, 11) is 0. The molecule has 1 aromatic carbocycles. The molecular formula is C16H26O4. The van der Waals surface area contributed by atoms with Crippen LogP contribution in [-0.2, 0) is 22.7 Å². The number of phenols is 2. The molecule has 0 unspecified atom stereocenters. The smallest absolute Gasteiger partial charge is 0.121 e. The average molecular weight is 282 g/mol. The molecule has 20 heavy (non-hydrogen) atoms. The molecule has 4 heteroatoms. The minimum absolute atomic E-state index is 0.147. The summed E-state index contributed by atoms with van der Waals surface area (Å²) in [6, 6.07) is 2.98. The first-order valence-corrected chi connectivity index (χ1v) is 7.38. The first-order chi connectivity index (χ1) is 9.70. The number of hydrogen-bond donors (Lipinski definition) is 2. The van der Waals surface area contributed by atoms with Crippen molar-refractivity contribution in [3.63, 3.8) is 0 Å². The lowest BCUT2D eigenvalue weighted by molar-refractivity contribution is 0.102. The van der Waals surface area contributed by atoms with Crippen LogP contribution in [0.25, 0.3) is 0 Å². The molecule has 1 aromatic rings. The van der Waals surface area contributed by atoms with Gasteiger partial charge in [-0.15, -0.1) is 0 Å². The Bertz CT molecular complexity index is 353. The first kappa shape index (κ1) is 16.8. The highest BCUT2D eigenvalue weighted by atomic mass is 16.5. The van der Waals surface area contributed by atoms with E-state index >= 15 is 0 Å². The van der Waals surface area contributed by atoms with Gasteiger partial charge in [-0.2, -0.15) is 0 Å². The molecule has 0 heterocycles. The van der Waals surface area contributed by atoms with Crippen LogP contribution in [0.2, 0.25) is 0 Å². The molecule has 0 saturated heterocycles. The maximum atomic E-state index is 9.93. The molecular weight excluding hydrogens is 256 g/mol. The SMILES string of the molecule is CCCCOCc1c(O)ccc(O)c1COCCCC. The molecule has 0 aromatic heterocycles. The fourth-order valence-corrected chi connectivity index (χ4v) is 1.83. The van der Waals surface area contributed by atoms with Crippen LogP contribution in [0.5, 0.6) is 11.5 Å². The highest BCUT2D eigenvalue weighted by Crippen LogP contribution is 2.30. The van der Waals surface area contributed by atoms with Crippen LogP contribution < -0.4 is 0 Å². The van der Waals surface area contributed by atoms with E-state index in [1.807, 2.05) is 0 Å². The molecule has 1 rings (SSSR count). The van der Waals surface area contributed by atoms with E-state index in [9.17, 15) is 10.2 Å². The van der Waals surface area contributed by atoms with Gasteiger partial charge in [-0.1, -0.05) is 26.7 Å². The van der Waals surface area contributed by atoms with Crippen LogP contribution in [0.1, 0.15) is 50.7 Å². The Balaban J connectivity index is 2.66. The van der Waals surface area contributed by atoms with Crippen LogP contribution in [-0.4, -0.2) is 23.4 Å². The maximum absolute atomic E-state index is 9.93. The third kappa shape index (κ3) is 5.39. The third-order valence-corrected chi connectivity index (χ3v) is 3.16. The molecule has 0 bridgehead atoms. The lowest BCUT2D eigenvalue weighted by Gasteiger charge is -2.14. The molecule has 0 atom stereocenters. The van der Waals surface area contributed by atoms with Crippen LogP contribution in [0.4, 0.5) is 0 Å². The number of unbranched alkanes of at least 4 members (excludes halogenated alkanes) is 2. The molecule has 0 radical (unpaired) electrons. The van der Waals surface area contributed by atoms with Gasteiger partial charge < -0.3 is 19.7 Å². The summed E-state index contributed by atoms with van der Waals surface area (Å²) in [6.07, 6.45) is 4.11. The molecule has 0 spiro atoms. The van der Waals surface area contributed by atoms with Crippen LogP contribution in [0.15, 0.2) is 12.1 Å². The minimum atomic E-state index is 0.147. The second-order valence-electron chi connectivity index (χ2n) is 4.87. The van der Waals surface area contributed by atoms with E-state index in [4.69, 9.17) is 9.47 Å². The predicted molar refractivity (Wildman–Crippen MR) is 78.9 cm³/mol. The normalized spacial score (nSPS) is 10.9. The van der Waals surface area contributed by atoms with Crippen molar-refractivity contribution in [2.24, 2.45) is 0 Å². The van der Waals surface area contributed by atoms with Gasteiger partial charge in [0.1, 0.15) is 11.5 Å². The Labute approximate surface area is 121 Å². The summed E-state index contributed by atoms with van der Waals surface area (Å²) >= 11 is 0. The second kappa shape index (κ2) is 9.61. The first-order valence-electron chi connectivity index (χ1n) is 7.38. The molecule has 0 aliphatic heterocycles. The zero-order valence-corrected chi connectivity index (χ0v) is 12.5. The van der Waals surface area contributed by atoms with Crippen LogP contribution >= 0.6 is 0 Å². The molecule has 4 nitrogen and oxygen atoms in total. The van der Waals surface area contributed by atoms with Crippen LogP contribution in [0, 0.1) is 0 Å². The second-order valence-corrected chi connectivity index (χ2v) is 4.87. The van der Waals surface area contributed by atoms with Gasteiger partial charge in [0.05, 0.1) is 13.2 Å². The van der Waals surface area contributed by atoms with Gasteiger partial charge >= 0.3 is 0 Å². The molecule has 0 aliphatic rings. The average Bonchev–Trinajstić information content (AvgIpc) is 2.45. The van der Waals surface area contributed by atoms with Crippen molar-refractivity contribution in [2.45, 2.75) is 52.7 Å². The molecule has 114 valence electrons. The zero-order chi connectivity index (χ0) is 14.8. The van der Waals surface area contributed by atoms with Gasteiger partial charge in [0, 0.05) is 24.3 Å². The number of ether oxygens (including phenoxy) is 2. The maximum Gasteiger partial charge on any atom is 0.121 e. The molecule has 0 fully saturated rings. The Kier molecular flexibility index (Phi) is 8.07. The van der Waals surface area contributed by atoms with Gasteiger partial charge in [0.2, 0.25) is 0 Å². The van der Waals surface area contributed by atoms with E-state index in [0.29, 0.717) is 37.6 Å². The topological polar surface area (TPSA) is 58.9 Å². The highest BCUT2D eigenvalue weighted by molar-refractivity contribution is 5.46. The minimum Gasteiger partial charge on any atom is -0.508 e. The number of aromatic hydroxyl groups is 2. The Morgan fingerprint density at radius 1 is 0.800 bits per heavy atom. The fourth-order valence-electron chi connectivity index (χ4n) is 1.83. The summed E-state index contributed by atoms with van der Waals surface area (Å²) in [5.41, 5.74) is 1.25. The van der Waals surface area contributed by atoms with Crippen molar-refractivity contribution in [3.05, 3.63) is 23.3 Å². The molecule has 0 amide bonds. The van der Waals surface area contributed by atoms with E-state index < -0.39 is 0 Å². The standard InChI is InChI=1S/C16H26O4/c1-3-5-9-19-11-13-14(12-20-10-6-4-2)16(18)8-7-15(13)17/h7-8,17-18H,3-6,9-12H2,1-2H3. The quantitative estimate of drug-likeness (QED) is 0.507. The molecule has 2 N–H and O–H groups in total. The summed E-state index contributed by atoms with van der Waals surface area (Å²) < 4.78 is 11.1. The van der Waals surface area contributed by atoms with Crippen molar-refractivity contribution in [2.75, 3.05) is 13.2 Å². The molecule has 0 aliphatic carbocycles. The number of benzene rings is 1. The van der Waals surface area contributed by atoms with Crippen molar-refractivity contribution >= 4 is 0 Å². The van der Waals surface area contributed by atoms with Crippen molar-refractivity contribution in [1.29, 1.82) is 0 Å². The van der Waals surface area contributed by atoms with Gasteiger partial charge in [0.25, 0.3) is 0 Å². The summed E-state index contributed by atoms with van der Waals surface area (Å²) in [6.45, 7) is 6.10. The lowest BCUT2D eigenvalue weighted by atomic mass is 10.1. The van der Waals surface area contributed by atoms with Gasteiger partial charge in [0.15, 0.2) is 0 Å². The number of phenolic OH excluding ortho intramolecular Hbond substituents is 2. The number of rotatable bonds is 10. The van der Waals surface area contributed by atoms with Crippen molar-refractivity contribution < 1.29 is 19.7 Å². The Morgan fingerprint density at radius 2 is 1.20 bits per heavy atom. The fraction of sp³-hybridized carbons (Fsp3) is 0.625. The Morgan fingerprint density at radius 3 is 1.55 bits per heavy atom. The van der Waals surface area contributed by atoms with E-state index in [-0.39, 0.29) is 11.5 Å². The summed E-state index contributed by atoms with van der Waals surface area (Å²) in [4.78, 5) is 0. The van der Waals surface area contributed by atoms with Gasteiger partial charge in [-0.3, -0.25) is 0 Å². The highest BCUT2D eigenvalue weighted by Gasteiger charge is 2.13. The van der Waals surface area contributed by atoms with Gasteiger partial charge in [-0.25, -0.2) is 0 Å². The van der Waals surface area contributed by atoms with E-state index in [1.54, 1.807) is 0 Å². The summed E-state index contributed by atoms with van der Waals surface area (Å²) in [5, 5.41) is 19.9. The largest absolute Gasteiger partial charge is 0.508 e. The van der Waals surface area contributed by atoms with E-state index in [0.717, 1.165) is 25.7 Å².